The SMILES string of the molecule is Cc1nn(C)c2nccc(N3CCCC(N4CCCS4(=O)=O)C3)c12. The summed E-state index contributed by atoms with van der Waals surface area (Å²) in [4.78, 5) is 6.75. The zero-order valence-corrected chi connectivity index (χ0v) is 15.0. The molecule has 8 heteroatoms. The van der Waals surface area contributed by atoms with Crippen LogP contribution in [0.1, 0.15) is 25.0 Å². The molecule has 0 radical (unpaired) electrons. The average Bonchev–Trinajstić information content (AvgIpc) is 3.07. The van der Waals surface area contributed by atoms with Crippen LogP contribution in [0, 0.1) is 6.92 Å². The smallest absolute Gasteiger partial charge is 0.214 e. The van der Waals surface area contributed by atoms with Gasteiger partial charge in [-0.1, -0.05) is 0 Å². The Hall–Kier alpha value is -1.67. The Morgan fingerprint density at radius 3 is 2.83 bits per heavy atom. The lowest BCUT2D eigenvalue weighted by Gasteiger charge is -2.38. The Kier molecular flexibility index (Phi) is 3.76. The average molecular weight is 349 g/mol. The summed E-state index contributed by atoms with van der Waals surface area (Å²) < 4.78 is 28.1. The maximum atomic E-state index is 12.3. The summed E-state index contributed by atoms with van der Waals surface area (Å²) in [6.45, 7) is 4.35. The van der Waals surface area contributed by atoms with Gasteiger partial charge in [0.15, 0.2) is 5.65 Å². The van der Waals surface area contributed by atoms with Crippen LogP contribution in [-0.2, 0) is 17.1 Å². The van der Waals surface area contributed by atoms with E-state index in [2.05, 4.69) is 15.0 Å². The van der Waals surface area contributed by atoms with Gasteiger partial charge in [-0.15, -0.1) is 0 Å². The molecule has 4 heterocycles. The van der Waals surface area contributed by atoms with Crippen molar-refractivity contribution in [1.29, 1.82) is 0 Å². The Labute approximate surface area is 142 Å². The molecule has 4 rings (SSSR count). The van der Waals surface area contributed by atoms with Gasteiger partial charge in [-0.05, 0) is 32.3 Å². The number of piperidine rings is 1. The first-order chi connectivity index (χ1) is 11.5. The van der Waals surface area contributed by atoms with E-state index < -0.39 is 10.0 Å². The van der Waals surface area contributed by atoms with Crippen LogP contribution in [0.2, 0.25) is 0 Å². The molecule has 0 spiro atoms. The van der Waals surface area contributed by atoms with Crippen LogP contribution in [0.5, 0.6) is 0 Å². The minimum Gasteiger partial charge on any atom is -0.369 e. The monoisotopic (exact) mass is 349 g/mol. The summed E-state index contributed by atoms with van der Waals surface area (Å²) in [5.74, 6) is 0.296. The molecule has 24 heavy (non-hydrogen) atoms. The highest BCUT2D eigenvalue weighted by Crippen LogP contribution is 2.32. The lowest BCUT2D eigenvalue weighted by atomic mass is 10.0. The van der Waals surface area contributed by atoms with Crippen LogP contribution < -0.4 is 4.90 Å². The number of hydrogen-bond acceptors (Lipinski definition) is 5. The third-order valence-electron chi connectivity index (χ3n) is 5.16. The zero-order chi connectivity index (χ0) is 16.9. The van der Waals surface area contributed by atoms with E-state index in [1.807, 2.05) is 26.2 Å². The molecule has 2 aliphatic heterocycles. The van der Waals surface area contributed by atoms with E-state index in [4.69, 9.17) is 0 Å². The van der Waals surface area contributed by atoms with Crippen molar-refractivity contribution in [3.8, 4) is 0 Å². The van der Waals surface area contributed by atoms with Crippen LogP contribution in [0.3, 0.4) is 0 Å². The highest BCUT2D eigenvalue weighted by molar-refractivity contribution is 7.89. The quantitative estimate of drug-likeness (QED) is 0.817. The number of sulfonamides is 1. The fourth-order valence-corrected chi connectivity index (χ4v) is 5.86. The van der Waals surface area contributed by atoms with Gasteiger partial charge in [-0.25, -0.2) is 13.4 Å². The van der Waals surface area contributed by atoms with Crippen molar-refractivity contribution in [3.63, 3.8) is 0 Å². The first-order valence-electron chi connectivity index (χ1n) is 8.50. The van der Waals surface area contributed by atoms with Gasteiger partial charge in [0.1, 0.15) is 0 Å². The lowest BCUT2D eigenvalue weighted by Crippen LogP contribution is -2.48. The molecule has 2 saturated heterocycles. The lowest BCUT2D eigenvalue weighted by molar-refractivity contribution is 0.299. The van der Waals surface area contributed by atoms with Crippen molar-refractivity contribution in [2.45, 2.75) is 32.2 Å². The Morgan fingerprint density at radius 1 is 1.25 bits per heavy atom. The highest BCUT2D eigenvalue weighted by atomic mass is 32.2. The number of anilines is 1. The normalized spacial score (nSPS) is 24.8. The Balaban J connectivity index is 1.68. The van der Waals surface area contributed by atoms with E-state index in [1.165, 1.54) is 0 Å². The van der Waals surface area contributed by atoms with Crippen LogP contribution in [0.4, 0.5) is 5.69 Å². The minimum absolute atomic E-state index is 0.0754. The fourth-order valence-electron chi connectivity index (χ4n) is 4.10. The van der Waals surface area contributed by atoms with Gasteiger partial charge < -0.3 is 4.90 Å². The van der Waals surface area contributed by atoms with Gasteiger partial charge in [0.25, 0.3) is 0 Å². The minimum atomic E-state index is -3.06. The number of pyridine rings is 1. The molecule has 1 unspecified atom stereocenters. The van der Waals surface area contributed by atoms with Crippen molar-refractivity contribution in [2.75, 3.05) is 30.3 Å². The number of fused-ring (bicyclic) bond motifs is 1. The summed E-state index contributed by atoms with van der Waals surface area (Å²) in [5.41, 5.74) is 2.96. The van der Waals surface area contributed by atoms with E-state index in [0.29, 0.717) is 12.3 Å². The number of rotatable bonds is 2. The van der Waals surface area contributed by atoms with Crippen molar-refractivity contribution in [3.05, 3.63) is 18.0 Å². The van der Waals surface area contributed by atoms with Crippen LogP contribution in [0.25, 0.3) is 11.0 Å². The zero-order valence-electron chi connectivity index (χ0n) is 14.1. The molecule has 1 atom stereocenters. The summed E-state index contributed by atoms with van der Waals surface area (Å²) >= 11 is 0. The van der Waals surface area contributed by atoms with Crippen LogP contribution in [0.15, 0.2) is 12.3 Å². The van der Waals surface area contributed by atoms with Gasteiger partial charge in [0, 0.05) is 38.9 Å². The maximum Gasteiger partial charge on any atom is 0.214 e. The summed E-state index contributed by atoms with van der Waals surface area (Å²) in [6.07, 6.45) is 4.50. The molecule has 0 saturated carbocycles. The second-order valence-corrected chi connectivity index (χ2v) is 8.80. The topological polar surface area (TPSA) is 71.3 Å². The standard InChI is InChI=1S/C16H23N5O2S/c1-12-15-14(6-7-17-16(15)19(2)18-12)20-8-3-5-13(11-20)21-9-4-10-24(21,22)23/h6-7,13H,3-5,8-11H2,1-2H3. The largest absolute Gasteiger partial charge is 0.369 e. The molecule has 7 nitrogen and oxygen atoms in total. The predicted molar refractivity (Wildman–Crippen MR) is 93.6 cm³/mol. The second-order valence-electron chi connectivity index (χ2n) is 6.76. The highest BCUT2D eigenvalue weighted by Gasteiger charge is 2.37. The van der Waals surface area contributed by atoms with E-state index in [1.54, 1.807) is 8.99 Å². The molecule has 2 fully saturated rings. The summed E-state index contributed by atoms with van der Waals surface area (Å²) in [6, 6.07) is 2.10. The van der Waals surface area contributed by atoms with Gasteiger partial charge in [0.2, 0.25) is 10.0 Å². The predicted octanol–water partition coefficient (Wildman–Crippen LogP) is 1.28. The Bertz CT molecular complexity index is 876. The molecule has 0 aliphatic carbocycles. The molecule has 0 aromatic carbocycles. The van der Waals surface area contributed by atoms with Gasteiger partial charge >= 0.3 is 0 Å². The van der Waals surface area contributed by atoms with Crippen LogP contribution >= 0.6 is 0 Å². The molecule has 2 aromatic heterocycles. The van der Waals surface area contributed by atoms with Crippen molar-refractivity contribution in [1.82, 2.24) is 19.1 Å². The molecule has 0 bridgehead atoms. The third-order valence-corrected chi connectivity index (χ3v) is 7.16. The molecular formula is C16H23N5O2S. The van der Waals surface area contributed by atoms with Crippen molar-refractivity contribution in [2.24, 2.45) is 7.05 Å². The van der Waals surface area contributed by atoms with E-state index >= 15 is 0 Å². The molecule has 2 aliphatic rings. The van der Waals surface area contributed by atoms with E-state index in [-0.39, 0.29) is 6.04 Å². The molecule has 130 valence electrons. The fraction of sp³-hybridized carbons (Fsp3) is 0.625. The second kappa shape index (κ2) is 5.70. The van der Waals surface area contributed by atoms with Gasteiger partial charge in [0.05, 0.1) is 22.5 Å². The maximum absolute atomic E-state index is 12.3. The number of hydrogen-bond donors (Lipinski definition) is 0. The van der Waals surface area contributed by atoms with E-state index in [9.17, 15) is 8.42 Å². The molecule has 0 N–H and O–H groups in total. The van der Waals surface area contributed by atoms with Gasteiger partial charge in [-0.2, -0.15) is 9.40 Å². The van der Waals surface area contributed by atoms with E-state index in [0.717, 1.165) is 54.8 Å². The van der Waals surface area contributed by atoms with Gasteiger partial charge in [-0.3, -0.25) is 4.68 Å². The van der Waals surface area contributed by atoms with Crippen LogP contribution in [-0.4, -0.2) is 58.9 Å². The number of aryl methyl sites for hydroxylation is 2. The molecule has 2 aromatic rings. The van der Waals surface area contributed by atoms with Crippen molar-refractivity contribution >= 4 is 26.7 Å². The number of nitrogens with zero attached hydrogens (tertiary/aromatic N) is 5. The first-order valence-corrected chi connectivity index (χ1v) is 10.1. The van der Waals surface area contributed by atoms with Crippen molar-refractivity contribution < 1.29 is 8.42 Å². The molecule has 0 amide bonds. The first kappa shape index (κ1) is 15.8. The molecular weight excluding hydrogens is 326 g/mol. The summed E-state index contributed by atoms with van der Waals surface area (Å²) in [7, 11) is -1.16. The Morgan fingerprint density at radius 2 is 2.08 bits per heavy atom. The third kappa shape index (κ3) is 2.48. The summed E-state index contributed by atoms with van der Waals surface area (Å²) in [5, 5.41) is 5.56. The number of aromatic nitrogens is 3.